The van der Waals surface area contributed by atoms with Gasteiger partial charge in [0.15, 0.2) is 0 Å². The molecule has 0 aliphatic carbocycles. The number of nitrogens with two attached hydrogens (primary N) is 1. The molecule has 0 heterocycles. The lowest BCUT2D eigenvalue weighted by molar-refractivity contribution is 0.780. The molecule has 0 bridgehead atoms. The molecule has 2 N–H and O–H groups in total. The van der Waals surface area contributed by atoms with E-state index in [-0.39, 0.29) is 6.04 Å². The summed E-state index contributed by atoms with van der Waals surface area (Å²) in [6.07, 6.45) is 3.58. The van der Waals surface area contributed by atoms with Crippen molar-refractivity contribution in [2.24, 2.45) is 5.73 Å². The van der Waals surface area contributed by atoms with Gasteiger partial charge in [-0.1, -0.05) is 18.3 Å². The zero-order valence-electron chi connectivity index (χ0n) is 5.21. The van der Waals surface area contributed by atoms with Crippen molar-refractivity contribution in [2.75, 3.05) is 0 Å². The fourth-order valence-electron chi connectivity index (χ4n) is 0.421. The van der Waals surface area contributed by atoms with Crippen LogP contribution in [0.15, 0.2) is 12.7 Å². The fourth-order valence-corrected chi connectivity index (χ4v) is 0.668. The van der Waals surface area contributed by atoms with E-state index < -0.39 is 0 Å². The van der Waals surface area contributed by atoms with Gasteiger partial charge in [-0.3, -0.25) is 0 Å². The second-order valence-corrected chi connectivity index (χ2v) is 3.03. The van der Waals surface area contributed by atoms with E-state index in [9.17, 15) is 0 Å². The van der Waals surface area contributed by atoms with Crippen molar-refractivity contribution in [2.45, 2.75) is 18.9 Å². The maximum absolute atomic E-state index is 5.54. The van der Waals surface area contributed by atoms with E-state index in [0.29, 0.717) is 4.20 Å². The molecule has 0 saturated carbocycles. The van der Waals surface area contributed by atoms with Gasteiger partial charge < -0.3 is 5.73 Å². The van der Waals surface area contributed by atoms with Gasteiger partial charge in [-0.15, -0.1) is 19.2 Å². The summed E-state index contributed by atoms with van der Waals surface area (Å²) >= 11 is 8.67. The number of hydrogen-bond acceptors (Lipinski definition) is 2. The van der Waals surface area contributed by atoms with E-state index in [1.54, 1.807) is 0 Å². The first kappa shape index (κ1) is 9.14. The molecule has 0 aromatic carbocycles. The second kappa shape index (κ2) is 4.97. The van der Waals surface area contributed by atoms with Crippen LogP contribution in [0.5, 0.6) is 0 Å². The summed E-state index contributed by atoms with van der Waals surface area (Å²) in [6.45, 7) is 3.57. The first-order valence-corrected chi connectivity index (χ1v) is 3.63. The summed E-state index contributed by atoms with van der Waals surface area (Å²) < 4.78 is 0.580. The zero-order valence-corrected chi connectivity index (χ0v) is 6.92. The molecular formula is C6H11NS2. The van der Waals surface area contributed by atoms with Crippen LogP contribution in [0, 0.1) is 0 Å². The van der Waals surface area contributed by atoms with Gasteiger partial charge in [-0.05, 0) is 12.8 Å². The van der Waals surface area contributed by atoms with Crippen LogP contribution in [0.25, 0.3) is 0 Å². The van der Waals surface area contributed by atoms with Crippen molar-refractivity contribution in [3.8, 4) is 0 Å². The Morgan fingerprint density at radius 2 is 2.44 bits per heavy atom. The third kappa shape index (κ3) is 4.63. The lowest BCUT2D eigenvalue weighted by atomic mass is 10.2. The Balaban J connectivity index is 3.37. The Labute approximate surface area is 66.7 Å². The number of allylic oxidation sites excluding steroid dienone is 1. The van der Waals surface area contributed by atoms with Crippen LogP contribution in [-0.2, 0) is 0 Å². The van der Waals surface area contributed by atoms with Crippen molar-refractivity contribution in [3.05, 3.63) is 12.7 Å². The van der Waals surface area contributed by atoms with Crippen molar-refractivity contribution in [1.29, 1.82) is 0 Å². The molecule has 0 aliphatic heterocycles. The highest BCUT2D eigenvalue weighted by Gasteiger charge is 2.01. The Morgan fingerprint density at radius 1 is 1.89 bits per heavy atom. The normalized spacial score (nSPS) is 12.7. The minimum atomic E-state index is -0.0543. The zero-order chi connectivity index (χ0) is 7.28. The predicted molar refractivity (Wildman–Crippen MR) is 49.0 cm³/mol. The van der Waals surface area contributed by atoms with Crippen molar-refractivity contribution in [1.82, 2.24) is 0 Å². The lowest BCUT2D eigenvalue weighted by Crippen LogP contribution is -2.24. The quantitative estimate of drug-likeness (QED) is 0.371. The standard InChI is InChI=1S/C6H11NS2/c1-2-3-4-5(7)6(8)9/h2,5H,1,3-4,7H2,(H,8,9)/t5-/m1/s1. The Bertz CT molecular complexity index is 112. The Morgan fingerprint density at radius 3 is 2.78 bits per heavy atom. The van der Waals surface area contributed by atoms with Gasteiger partial charge in [0.2, 0.25) is 0 Å². The third-order valence-corrected chi connectivity index (χ3v) is 1.63. The predicted octanol–water partition coefficient (Wildman–Crippen LogP) is 1.54. The maximum Gasteiger partial charge on any atom is 0.0616 e. The maximum atomic E-state index is 5.54. The molecule has 3 heteroatoms. The summed E-state index contributed by atoms with van der Waals surface area (Å²) in [5, 5.41) is 0. The van der Waals surface area contributed by atoms with Crippen LogP contribution in [-0.4, -0.2) is 10.2 Å². The first-order chi connectivity index (χ1) is 4.18. The number of thiocarbonyl (C=S) groups is 1. The largest absolute Gasteiger partial charge is 0.323 e. The van der Waals surface area contributed by atoms with Gasteiger partial charge in [0, 0.05) is 6.04 Å². The highest BCUT2D eigenvalue weighted by molar-refractivity contribution is 8.11. The van der Waals surface area contributed by atoms with Gasteiger partial charge in [-0.25, -0.2) is 0 Å². The molecule has 0 fully saturated rings. The smallest absolute Gasteiger partial charge is 0.0616 e. The molecule has 1 nitrogen and oxygen atoms in total. The van der Waals surface area contributed by atoms with Crippen LogP contribution in [0.1, 0.15) is 12.8 Å². The van der Waals surface area contributed by atoms with Crippen LogP contribution in [0.2, 0.25) is 0 Å². The van der Waals surface area contributed by atoms with Crippen molar-refractivity contribution >= 4 is 29.0 Å². The molecule has 0 aromatic rings. The summed E-state index contributed by atoms with van der Waals surface area (Å²) in [5.41, 5.74) is 5.54. The monoisotopic (exact) mass is 161 g/mol. The average Bonchev–Trinajstić information content (AvgIpc) is 1.82. The minimum Gasteiger partial charge on any atom is -0.323 e. The Kier molecular flexibility index (Phi) is 5.04. The SMILES string of the molecule is C=CCC[C@@H](N)C(=S)S. The highest BCUT2D eigenvalue weighted by atomic mass is 32.1. The second-order valence-electron chi connectivity index (χ2n) is 1.81. The molecule has 9 heavy (non-hydrogen) atoms. The minimum absolute atomic E-state index is 0.0543. The molecule has 0 radical (unpaired) electrons. The molecular weight excluding hydrogens is 150 g/mol. The molecule has 0 saturated heterocycles. The van der Waals surface area contributed by atoms with Crippen molar-refractivity contribution in [3.63, 3.8) is 0 Å². The van der Waals surface area contributed by atoms with Crippen LogP contribution < -0.4 is 5.73 Å². The fraction of sp³-hybridized carbons (Fsp3) is 0.500. The molecule has 0 unspecified atom stereocenters. The topological polar surface area (TPSA) is 26.0 Å². The van der Waals surface area contributed by atoms with E-state index >= 15 is 0 Å². The molecule has 0 spiro atoms. The Hall–Kier alpha value is 0.140. The number of hydrogen-bond donors (Lipinski definition) is 2. The molecule has 1 atom stereocenters. The summed E-state index contributed by atoms with van der Waals surface area (Å²) in [6, 6.07) is -0.0543. The highest BCUT2D eigenvalue weighted by Crippen LogP contribution is 1.99. The van der Waals surface area contributed by atoms with E-state index in [2.05, 4.69) is 19.2 Å². The third-order valence-electron chi connectivity index (χ3n) is 0.999. The van der Waals surface area contributed by atoms with Gasteiger partial charge in [0.25, 0.3) is 0 Å². The molecule has 52 valence electrons. The summed E-state index contributed by atoms with van der Waals surface area (Å²) in [4.78, 5) is 0. The molecule has 0 amide bonds. The van der Waals surface area contributed by atoms with E-state index in [1.165, 1.54) is 0 Å². The lowest BCUT2D eigenvalue weighted by Gasteiger charge is -2.05. The van der Waals surface area contributed by atoms with Crippen LogP contribution in [0.4, 0.5) is 0 Å². The van der Waals surface area contributed by atoms with Crippen LogP contribution in [0.3, 0.4) is 0 Å². The molecule has 0 aliphatic rings. The van der Waals surface area contributed by atoms with Gasteiger partial charge in [-0.2, -0.15) is 0 Å². The van der Waals surface area contributed by atoms with E-state index in [0.717, 1.165) is 12.8 Å². The first-order valence-electron chi connectivity index (χ1n) is 2.77. The number of rotatable bonds is 4. The van der Waals surface area contributed by atoms with E-state index in [1.807, 2.05) is 6.08 Å². The van der Waals surface area contributed by atoms with Gasteiger partial charge in [0.1, 0.15) is 0 Å². The summed E-state index contributed by atoms with van der Waals surface area (Å²) in [7, 11) is 0. The summed E-state index contributed by atoms with van der Waals surface area (Å²) in [5.74, 6) is 0. The average molecular weight is 161 g/mol. The van der Waals surface area contributed by atoms with Gasteiger partial charge in [0.05, 0.1) is 4.20 Å². The van der Waals surface area contributed by atoms with Gasteiger partial charge >= 0.3 is 0 Å². The molecule has 0 aromatic heterocycles. The van der Waals surface area contributed by atoms with Crippen molar-refractivity contribution < 1.29 is 0 Å². The van der Waals surface area contributed by atoms with E-state index in [4.69, 9.17) is 18.0 Å². The number of thiol groups is 1. The van der Waals surface area contributed by atoms with Crippen LogP contribution >= 0.6 is 24.8 Å². The molecule has 0 rings (SSSR count).